The van der Waals surface area contributed by atoms with Crippen LogP contribution in [0.15, 0.2) is 70.9 Å². The van der Waals surface area contributed by atoms with Crippen molar-refractivity contribution in [3.63, 3.8) is 0 Å². The molecule has 1 heterocycles. The smallest absolute Gasteiger partial charge is 0.331 e. The Hall–Kier alpha value is -2.78. The van der Waals surface area contributed by atoms with Crippen LogP contribution >= 0.6 is 0 Å². The van der Waals surface area contributed by atoms with Crippen molar-refractivity contribution < 1.29 is 39.5 Å². The number of hydrogen-bond donors (Lipinski definition) is 4. The molecule has 290 valence electrons. The Morgan fingerprint density at radius 2 is 1.67 bits per heavy atom. The molecular formula is C43H70O8. The van der Waals surface area contributed by atoms with Gasteiger partial charge in [-0.1, -0.05) is 85.6 Å². The number of ether oxygens (including phenoxy) is 2. The molecule has 9 atom stereocenters. The normalized spacial score (nSPS) is 25.2. The number of cyclic esters (lactones) is 1. The largest absolute Gasteiger partial charge is 0.462 e. The minimum absolute atomic E-state index is 0.0846. The van der Waals surface area contributed by atoms with E-state index in [1.807, 2.05) is 45.9 Å². The van der Waals surface area contributed by atoms with E-state index in [4.69, 9.17) is 9.47 Å². The van der Waals surface area contributed by atoms with Crippen LogP contribution in [0.3, 0.4) is 0 Å². The van der Waals surface area contributed by atoms with E-state index >= 15 is 0 Å². The first-order chi connectivity index (χ1) is 24.0. The fourth-order valence-corrected chi connectivity index (χ4v) is 6.53. The third kappa shape index (κ3) is 22.0. The fourth-order valence-electron chi connectivity index (χ4n) is 6.53. The summed E-state index contributed by atoms with van der Waals surface area (Å²) in [5, 5.41) is 39.2. The van der Waals surface area contributed by atoms with Crippen molar-refractivity contribution in [3.8, 4) is 0 Å². The summed E-state index contributed by atoms with van der Waals surface area (Å²) in [7, 11) is 0. The van der Waals surface area contributed by atoms with E-state index in [-0.39, 0.29) is 42.4 Å². The van der Waals surface area contributed by atoms with Crippen LogP contribution in [0.25, 0.3) is 0 Å². The summed E-state index contributed by atoms with van der Waals surface area (Å²) < 4.78 is 11.9. The first kappa shape index (κ1) is 46.2. The number of aliphatic hydroxyl groups excluding tert-OH is 4. The van der Waals surface area contributed by atoms with Gasteiger partial charge in [-0.15, -0.1) is 0 Å². The van der Waals surface area contributed by atoms with Crippen LogP contribution in [0.4, 0.5) is 0 Å². The molecule has 0 aromatic rings. The van der Waals surface area contributed by atoms with E-state index in [0.29, 0.717) is 38.5 Å². The van der Waals surface area contributed by atoms with Crippen LogP contribution in [0.2, 0.25) is 0 Å². The Labute approximate surface area is 309 Å². The highest BCUT2D eigenvalue weighted by molar-refractivity contribution is 5.82. The predicted molar refractivity (Wildman–Crippen MR) is 207 cm³/mol. The summed E-state index contributed by atoms with van der Waals surface area (Å²) in [5.41, 5.74) is 4.32. The number of carbonyl (C=O) groups excluding carboxylic acids is 2. The molecule has 0 bridgehead atoms. The molecule has 0 saturated carbocycles. The molecule has 0 saturated heterocycles. The molecule has 1 unspecified atom stereocenters. The second-order valence-corrected chi connectivity index (χ2v) is 15.3. The van der Waals surface area contributed by atoms with E-state index in [2.05, 4.69) is 39.0 Å². The predicted octanol–water partition coefficient (Wildman–Crippen LogP) is 8.40. The Balaban J connectivity index is 2.77. The van der Waals surface area contributed by atoms with Crippen molar-refractivity contribution in [2.75, 3.05) is 0 Å². The molecule has 51 heavy (non-hydrogen) atoms. The maximum absolute atomic E-state index is 12.9. The van der Waals surface area contributed by atoms with Crippen molar-refractivity contribution in [1.29, 1.82) is 0 Å². The molecule has 0 radical (unpaired) electrons. The molecule has 1 aliphatic heterocycles. The van der Waals surface area contributed by atoms with Crippen molar-refractivity contribution in [3.05, 3.63) is 70.9 Å². The van der Waals surface area contributed by atoms with Gasteiger partial charge in [-0.3, -0.25) is 4.79 Å². The highest BCUT2D eigenvalue weighted by Gasteiger charge is 2.26. The summed E-state index contributed by atoms with van der Waals surface area (Å²) in [4.78, 5) is 25.8. The average Bonchev–Trinajstić information content (AvgIpc) is 3.01. The van der Waals surface area contributed by atoms with Crippen molar-refractivity contribution >= 4 is 11.9 Å². The highest BCUT2D eigenvalue weighted by atomic mass is 16.5. The number of rotatable bonds is 18. The second kappa shape index (κ2) is 25.2. The fraction of sp³-hybridized carbons (Fsp3) is 0.674. The zero-order valence-corrected chi connectivity index (χ0v) is 33.0. The summed E-state index contributed by atoms with van der Waals surface area (Å²) in [6.45, 7) is 17.6. The van der Waals surface area contributed by atoms with E-state index in [1.165, 1.54) is 11.6 Å². The topological polar surface area (TPSA) is 134 Å². The van der Waals surface area contributed by atoms with Crippen LogP contribution in [0, 0.1) is 17.8 Å². The molecule has 1 rings (SSSR count). The van der Waals surface area contributed by atoms with Crippen LogP contribution in [0.1, 0.15) is 133 Å². The number of hydrogen-bond acceptors (Lipinski definition) is 8. The molecule has 0 amide bonds. The number of esters is 2. The molecule has 0 fully saturated rings. The minimum atomic E-state index is -0.611. The standard InChI is InChI=1S/C43H70O8/c1-29(15-12-10-11-13-16-38(46)27-36(8)44)23-30(2)20-22-43(49)50-40-17-14-18-42(48)51-41(21-19-31(3)24-34(40)6)35(7)26-32(4)25-33(5)39(47)28-37(9)45/h11,13,15,19-20,22-23,25,33-41,44-47H,10,12,14,16-18,21,24,26-28H2,1-9H3/b13-11+,22-20-,29-15+,30-23+,31-19+,32-25+/t33-,34-,35+,36-,37-,38-,39-,40?,41-/m1/s1. The molecule has 0 aromatic carbocycles. The Morgan fingerprint density at radius 1 is 0.980 bits per heavy atom. The van der Waals surface area contributed by atoms with Gasteiger partial charge >= 0.3 is 11.9 Å². The lowest BCUT2D eigenvalue weighted by atomic mass is 9.89. The molecular weight excluding hydrogens is 644 g/mol. The van der Waals surface area contributed by atoms with E-state index < -0.39 is 30.4 Å². The lowest BCUT2D eigenvalue weighted by Crippen LogP contribution is -2.28. The quantitative estimate of drug-likeness (QED) is 0.0366. The first-order valence-corrected chi connectivity index (χ1v) is 19.1. The Morgan fingerprint density at radius 3 is 2.33 bits per heavy atom. The van der Waals surface area contributed by atoms with E-state index in [1.54, 1.807) is 19.9 Å². The summed E-state index contributed by atoms with van der Waals surface area (Å²) in [6.07, 6.45) is 19.3. The van der Waals surface area contributed by atoms with Gasteiger partial charge in [0.2, 0.25) is 0 Å². The summed E-state index contributed by atoms with van der Waals surface area (Å²) >= 11 is 0. The molecule has 8 heteroatoms. The van der Waals surface area contributed by atoms with Crippen LogP contribution in [-0.2, 0) is 19.1 Å². The maximum Gasteiger partial charge on any atom is 0.331 e. The van der Waals surface area contributed by atoms with Gasteiger partial charge in [0.25, 0.3) is 0 Å². The van der Waals surface area contributed by atoms with Gasteiger partial charge in [0, 0.05) is 24.8 Å². The van der Waals surface area contributed by atoms with Gasteiger partial charge in [0.15, 0.2) is 0 Å². The van der Waals surface area contributed by atoms with Gasteiger partial charge in [-0.25, -0.2) is 4.79 Å². The van der Waals surface area contributed by atoms with Gasteiger partial charge in [-0.2, -0.15) is 0 Å². The summed E-state index contributed by atoms with van der Waals surface area (Å²) in [5.74, 6) is -0.556. The van der Waals surface area contributed by atoms with Crippen LogP contribution < -0.4 is 0 Å². The molecule has 4 N–H and O–H groups in total. The molecule has 0 spiro atoms. The maximum atomic E-state index is 12.9. The lowest BCUT2D eigenvalue weighted by Gasteiger charge is -2.27. The van der Waals surface area contributed by atoms with Crippen LogP contribution in [0.5, 0.6) is 0 Å². The SMILES string of the molecule is CC(/C=C\C(=O)OC1CCCC(=O)O[C@@H]([C@@H](C)C/C(C)=C/[C@@H](C)[C@H](O)C[C@@H](C)O)C/C=C(\C)C[C@H]1C)=C\C(C)=C\CC/C=C/C[C@@H](O)C[C@@H](C)O. The Bertz CT molecular complexity index is 1220. The van der Waals surface area contributed by atoms with Crippen molar-refractivity contribution in [2.45, 2.75) is 170 Å². The molecule has 1 aliphatic rings. The Kier molecular flexibility index (Phi) is 22.9. The number of carbonyl (C=O) groups is 2. The third-order valence-corrected chi connectivity index (χ3v) is 9.34. The molecule has 0 aromatic heterocycles. The highest BCUT2D eigenvalue weighted by Crippen LogP contribution is 2.27. The van der Waals surface area contributed by atoms with Gasteiger partial charge in [-0.05, 0) is 111 Å². The second-order valence-electron chi connectivity index (χ2n) is 15.3. The zero-order valence-electron chi connectivity index (χ0n) is 33.0. The number of aliphatic hydroxyl groups is 4. The van der Waals surface area contributed by atoms with Crippen LogP contribution in [-0.4, -0.2) is 69.0 Å². The van der Waals surface area contributed by atoms with Gasteiger partial charge < -0.3 is 29.9 Å². The third-order valence-electron chi connectivity index (χ3n) is 9.34. The molecule has 8 nitrogen and oxygen atoms in total. The average molecular weight is 715 g/mol. The molecule has 0 aliphatic carbocycles. The number of allylic oxidation sites excluding steroid dienone is 8. The first-order valence-electron chi connectivity index (χ1n) is 19.1. The van der Waals surface area contributed by atoms with Crippen molar-refractivity contribution in [2.24, 2.45) is 17.8 Å². The van der Waals surface area contributed by atoms with Gasteiger partial charge in [0.05, 0.1) is 24.4 Å². The monoisotopic (exact) mass is 715 g/mol. The lowest BCUT2D eigenvalue weighted by molar-refractivity contribution is -0.152. The number of unbranched alkanes of at least 4 members (excludes halogenated alkanes) is 1. The summed E-state index contributed by atoms with van der Waals surface area (Å²) in [6, 6.07) is 0. The zero-order chi connectivity index (χ0) is 38.5. The minimum Gasteiger partial charge on any atom is -0.462 e. The van der Waals surface area contributed by atoms with Gasteiger partial charge in [0.1, 0.15) is 12.2 Å². The van der Waals surface area contributed by atoms with E-state index in [9.17, 15) is 30.0 Å². The van der Waals surface area contributed by atoms with E-state index in [0.717, 1.165) is 42.4 Å². The van der Waals surface area contributed by atoms with Crippen molar-refractivity contribution in [1.82, 2.24) is 0 Å².